The quantitative estimate of drug-likeness (QED) is 0.426. The summed E-state index contributed by atoms with van der Waals surface area (Å²) in [5.74, 6) is -2.51. The Balaban J connectivity index is 1.89. The topological polar surface area (TPSA) is 76.1 Å². The lowest BCUT2D eigenvalue weighted by Crippen LogP contribution is -2.36. The fourth-order valence-electron chi connectivity index (χ4n) is 4.11. The van der Waals surface area contributed by atoms with Gasteiger partial charge >= 0.3 is 0 Å². The number of aliphatic hydroxyl groups excluding tert-OH is 1. The van der Waals surface area contributed by atoms with Gasteiger partial charge in [0, 0.05) is 23.7 Å². The molecule has 2 atom stereocenters. The van der Waals surface area contributed by atoms with Crippen LogP contribution in [0.2, 0.25) is 5.02 Å². The Morgan fingerprint density at radius 3 is 2.74 bits per heavy atom. The van der Waals surface area contributed by atoms with Crippen molar-refractivity contribution < 1.29 is 28.6 Å². The van der Waals surface area contributed by atoms with Gasteiger partial charge in [-0.3, -0.25) is 9.59 Å². The third-order valence-corrected chi connectivity index (χ3v) is 5.82. The van der Waals surface area contributed by atoms with Crippen LogP contribution in [0.5, 0.6) is 5.75 Å². The number of nitrogens with zero attached hydrogens (tertiary/aromatic N) is 1. The van der Waals surface area contributed by atoms with Crippen LogP contribution in [0.4, 0.5) is 4.39 Å². The van der Waals surface area contributed by atoms with Gasteiger partial charge < -0.3 is 19.5 Å². The standard InChI is InChI=1S/C23H21ClFNO5/c1-30-18-9-8-13(24)11-16(18)21(27)19-20(15-6-2-3-7-17(15)25)26(23(29)22(19)28)12-14-5-4-10-31-14/h2-3,6-9,11,14,20,27H,4-5,10,12H2,1H3/b21-19+. The van der Waals surface area contributed by atoms with Crippen molar-refractivity contribution in [3.8, 4) is 5.75 Å². The molecule has 1 N–H and O–H groups in total. The molecular weight excluding hydrogens is 425 g/mol. The Kier molecular flexibility index (Phi) is 5.98. The van der Waals surface area contributed by atoms with Crippen LogP contribution in [0.1, 0.15) is 30.0 Å². The second-order valence-corrected chi connectivity index (χ2v) is 7.89. The van der Waals surface area contributed by atoms with Gasteiger partial charge in [0.05, 0.1) is 30.4 Å². The molecule has 4 rings (SSSR count). The summed E-state index contributed by atoms with van der Waals surface area (Å²) in [5, 5.41) is 11.4. The number of halogens is 2. The van der Waals surface area contributed by atoms with Crippen molar-refractivity contribution >= 4 is 29.1 Å². The number of ether oxygens (including phenoxy) is 2. The van der Waals surface area contributed by atoms with E-state index in [1.54, 1.807) is 12.1 Å². The van der Waals surface area contributed by atoms with Crippen LogP contribution >= 0.6 is 11.6 Å². The number of hydrogen-bond donors (Lipinski definition) is 1. The second-order valence-electron chi connectivity index (χ2n) is 7.45. The third kappa shape index (κ3) is 3.91. The number of benzene rings is 2. The van der Waals surface area contributed by atoms with Gasteiger partial charge in [-0.05, 0) is 37.1 Å². The van der Waals surface area contributed by atoms with Crippen LogP contribution in [-0.2, 0) is 14.3 Å². The van der Waals surface area contributed by atoms with E-state index >= 15 is 0 Å². The molecule has 2 unspecified atom stereocenters. The van der Waals surface area contributed by atoms with Crippen LogP contribution in [0, 0.1) is 5.82 Å². The molecule has 2 fully saturated rings. The highest BCUT2D eigenvalue weighted by Gasteiger charge is 2.48. The largest absolute Gasteiger partial charge is 0.507 e. The van der Waals surface area contributed by atoms with Crippen molar-refractivity contribution in [3.05, 3.63) is 70.0 Å². The normalized spacial score (nSPS) is 22.9. The Morgan fingerprint density at radius 2 is 2.06 bits per heavy atom. The summed E-state index contributed by atoms with van der Waals surface area (Å²) in [4.78, 5) is 27.3. The third-order valence-electron chi connectivity index (χ3n) is 5.58. The maximum absolute atomic E-state index is 14.8. The number of methoxy groups -OCH3 is 1. The van der Waals surface area contributed by atoms with E-state index in [1.165, 1.54) is 42.3 Å². The van der Waals surface area contributed by atoms with Crippen LogP contribution in [-0.4, -0.2) is 48.1 Å². The highest BCUT2D eigenvalue weighted by Crippen LogP contribution is 2.42. The number of aliphatic hydroxyl groups is 1. The molecule has 0 aromatic heterocycles. The fraction of sp³-hybridized carbons (Fsp3) is 0.304. The molecular formula is C23H21ClFNO5. The van der Waals surface area contributed by atoms with Crippen molar-refractivity contribution in [2.75, 3.05) is 20.3 Å². The number of amides is 1. The molecule has 2 heterocycles. The zero-order valence-corrected chi connectivity index (χ0v) is 17.6. The van der Waals surface area contributed by atoms with Crippen molar-refractivity contribution in [1.29, 1.82) is 0 Å². The van der Waals surface area contributed by atoms with E-state index < -0.39 is 29.3 Å². The molecule has 162 valence electrons. The van der Waals surface area contributed by atoms with Gasteiger partial charge in [0.1, 0.15) is 17.3 Å². The molecule has 2 aromatic rings. The highest BCUT2D eigenvalue weighted by atomic mass is 35.5. The number of rotatable bonds is 5. The average Bonchev–Trinajstić information content (AvgIpc) is 3.36. The number of carbonyl (C=O) groups is 2. The summed E-state index contributed by atoms with van der Waals surface area (Å²) in [6.07, 6.45) is 1.32. The highest BCUT2D eigenvalue weighted by molar-refractivity contribution is 6.46. The monoisotopic (exact) mass is 445 g/mol. The van der Waals surface area contributed by atoms with Crippen molar-refractivity contribution in [2.24, 2.45) is 0 Å². The minimum absolute atomic E-state index is 0.113. The maximum atomic E-state index is 14.8. The average molecular weight is 446 g/mol. The van der Waals surface area contributed by atoms with E-state index in [0.29, 0.717) is 11.6 Å². The molecule has 0 aliphatic carbocycles. The number of likely N-dealkylation sites (tertiary alicyclic amines) is 1. The molecule has 2 aliphatic rings. The molecule has 6 nitrogen and oxygen atoms in total. The molecule has 0 bridgehead atoms. The summed E-state index contributed by atoms with van der Waals surface area (Å²) in [7, 11) is 1.41. The lowest BCUT2D eigenvalue weighted by atomic mass is 9.94. The van der Waals surface area contributed by atoms with Crippen LogP contribution in [0.15, 0.2) is 48.0 Å². The summed E-state index contributed by atoms with van der Waals surface area (Å²) >= 11 is 6.08. The number of carbonyl (C=O) groups excluding carboxylic acids is 2. The Bertz CT molecular complexity index is 1060. The van der Waals surface area contributed by atoms with E-state index in [4.69, 9.17) is 21.1 Å². The van der Waals surface area contributed by atoms with Crippen molar-refractivity contribution in [1.82, 2.24) is 4.90 Å². The zero-order valence-electron chi connectivity index (χ0n) is 16.8. The molecule has 0 spiro atoms. The maximum Gasteiger partial charge on any atom is 0.295 e. The SMILES string of the molecule is COc1ccc(Cl)cc1/C(O)=C1\C(=O)C(=O)N(CC2CCCO2)C1c1ccccc1F. The van der Waals surface area contributed by atoms with Gasteiger partial charge in [-0.15, -0.1) is 0 Å². The molecule has 8 heteroatoms. The van der Waals surface area contributed by atoms with Gasteiger partial charge in [-0.2, -0.15) is 0 Å². The second kappa shape index (κ2) is 8.69. The van der Waals surface area contributed by atoms with E-state index in [0.717, 1.165) is 12.8 Å². The Labute approximate surface area is 183 Å². The van der Waals surface area contributed by atoms with Crippen LogP contribution in [0.25, 0.3) is 5.76 Å². The Morgan fingerprint density at radius 1 is 1.29 bits per heavy atom. The number of Topliss-reactive ketones (excluding diaryl/α,β-unsaturated/α-hetero) is 1. The van der Waals surface area contributed by atoms with Crippen molar-refractivity contribution in [3.63, 3.8) is 0 Å². The first-order valence-corrected chi connectivity index (χ1v) is 10.3. The molecule has 2 aliphatic heterocycles. The minimum Gasteiger partial charge on any atom is -0.507 e. The fourth-order valence-corrected chi connectivity index (χ4v) is 4.28. The molecule has 1 amide bonds. The lowest BCUT2D eigenvalue weighted by Gasteiger charge is -2.27. The van der Waals surface area contributed by atoms with Gasteiger partial charge in [0.15, 0.2) is 0 Å². The number of hydrogen-bond acceptors (Lipinski definition) is 5. The minimum atomic E-state index is -1.10. The first-order valence-electron chi connectivity index (χ1n) is 9.90. The van der Waals surface area contributed by atoms with E-state index in [2.05, 4.69) is 0 Å². The van der Waals surface area contributed by atoms with Gasteiger partial charge in [-0.25, -0.2) is 4.39 Å². The lowest BCUT2D eigenvalue weighted by molar-refractivity contribution is -0.140. The van der Waals surface area contributed by atoms with Crippen LogP contribution < -0.4 is 4.74 Å². The molecule has 2 saturated heterocycles. The van der Waals surface area contributed by atoms with Crippen LogP contribution in [0.3, 0.4) is 0 Å². The first-order chi connectivity index (χ1) is 14.9. The summed E-state index contributed by atoms with van der Waals surface area (Å²) in [5.41, 5.74) is 0.0439. The zero-order chi connectivity index (χ0) is 22.1. The number of ketones is 1. The molecule has 31 heavy (non-hydrogen) atoms. The predicted molar refractivity (Wildman–Crippen MR) is 112 cm³/mol. The summed E-state index contributed by atoms with van der Waals surface area (Å²) in [6.45, 7) is 0.686. The summed E-state index contributed by atoms with van der Waals surface area (Å²) < 4.78 is 25.7. The van der Waals surface area contributed by atoms with E-state index in [-0.39, 0.29) is 35.1 Å². The van der Waals surface area contributed by atoms with Gasteiger partial charge in [-0.1, -0.05) is 29.8 Å². The molecule has 0 radical (unpaired) electrons. The first kappa shape index (κ1) is 21.3. The van der Waals surface area contributed by atoms with E-state index in [9.17, 15) is 19.1 Å². The molecule has 2 aromatic carbocycles. The van der Waals surface area contributed by atoms with E-state index in [1.807, 2.05) is 0 Å². The van der Waals surface area contributed by atoms with Crippen molar-refractivity contribution in [2.45, 2.75) is 25.0 Å². The Hall–Kier alpha value is -2.90. The smallest absolute Gasteiger partial charge is 0.295 e. The van der Waals surface area contributed by atoms with Gasteiger partial charge in [0.25, 0.3) is 11.7 Å². The predicted octanol–water partition coefficient (Wildman–Crippen LogP) is 4.09. The van der Waals surface area contributed by atoms with Gasteiger partial charge in [0.2, 0.25) is 0 Å². The summed E-state index contributed by atoms with van der Waals surface area (Å²) in [6, 6.07) is 9.32. The molecule has 0 saturated carbocycles.